The molecule has 92 valence electrons. The van der Waals surface area contributed by atoms with Crippen molar-refractivity contribution in [2.75, 3.05) is 12.9 Å². The molecule has 6 nitrogen and oxygen atoms in total. The van der Waals surface area contributed by atoms with E-state index in [0.717, 1.165) is 0 Å². The number of amides is 2. The number of carbonyl (C=O) groups excluding carboxylic acids is 3. The molecular weight excluding hydrogens is 232 g/mol. The number of hydrogen-bond acceptors (Lipinski definition) is 5. The Morgan fingerprint density at radius 2 is 1.88 bits per heavy atom. The average molecular weight is 248 g/mol. The largest absolute Gasteiger partial charge is 0.467 e. The van der Waals surface area contributed by atoms with E-state index in [1.165, 1.54) is 21.0 Å². The molecule has 2 atom stereocenters. The monoisotopic (exact) mass is 248 g/mol. The molecule has 0 saturated heterocycles. The van der Waals surface area contributed by atoms with Gasteiger partial charge in [-0.1, -0.05) is 0 Å². The molecule has 0 unspecified atom stereocenters. The fourth-order valence-electron chi connectivity index (χ4n) is 0.989. The van der Waals surface area contributed by atoms with E-state index in [1.54, 1.807) is 0 Å². The summed E-state index contributed by atoms with van der Waals surface area (Å²) in [5.74, 6) is -1.20. The first-order chi connectivity index (χ1) is 7.42. The number of nitrogens with one attached hydrogen (secondary N) is 2. The highest BCUT2D eigenvalue weighted by Gasteiger charge is 2.22. The van der Waals surface area contributed by atoms with Gasteiger partial charge in [0.1, 0.15) is 12.1 Å². The van der Waals surface area contributed by atoms with Crippen molar-refractivity contribution in [1.82, 2.24) is 10.6 Å². The zero-order valence-corrected chi connectivity index (χ0v) is 10.3. The highest BCUT2D eigenvalue weighted by molar-refractivity contribution is 7.80. The summed E-state index contributed by atoms with van der Waals surface area (Å²) in [6, 6.07) is -1.51. The van der Waals surface area contributed by atoms with Crippen LogP contribution in [0.1, 0.15) is 13.8 Å². The number of ether oxygens (including phenoxy) is 1. The molecule has 0 heterocycles. The molecule has 0 fully saturated rings. The van der Waals surface area contributed by atoms with Gasteiger partial charge in [0.25, 0.3) is 0 Å². The van der Waals surface area contributed by atoms with Gasteiger partial charge in [-0.15, -0.1) is 0 Å². The smallest absolute Gasteiger partial charge is 0.328 e. The lowest BCUT2D eigenvalue weighted by molar-refractivity contribution is -0.144. The van der Waals surface area contributed by atoms with E-state index in [0.29, 0.717) is 0 Å². The number of hydrogen-bond donors (Lipinski definition) is 3. The number of methoxy groups -OCH3 is 1. The summed E-state index contributed by atoms with van der Waals surface area (Å²) in [5.41, 5.74) is 0. The summed E-state index contributed by atoms with van der Waals surface area (Å²) in [5, 5.41) is 4.82. The van der Waals surface area contributed by atoms with Crippen LogP contribution in [0.4, 0.5) is 0 Å². The third-order valence-corrected chi connectivity index (χ3v) is 2.16. The van der Waals surface area contributed by atoms with Crippen molar-refractivity contribution in [3.63, 3.8) is 0 Å². The van der Waals surface area contributed by atoms with Gasteiger partial charge in [0.15, 0.2) is 0 Å². The second-order valence-electron chi connectivity index (χ2n) is 3.19. The molecule has 0 spiro atoms. The number of thiol groups is 1. The van der Waals surface area contributed by atoms with Crippen LogP contribution in [0.5, 0.6) is 0 Å². The van der Waals surface area contributed by atoms with Gasteiger partial charge in [-0.05, 0) is 6.92 Å². The van der Waals surface area contributed by atoms with Crippen LogP contribution in [-0.2, 0) is 19.1 Å². The topological polar surface area (TPSA) is 84.5 Å². The maximum atomic E-state index is 11.6. The predicted octanol–water partition coefficient (Wildman–Crippen LogP) is -0.901. The average Bonchev–Trinajstić information content (AvgIpc) is 2.23. The van der Waals surface area contributed by atoms with E-state index in [4.69, 9.17) is 0 Å². The molecule has 0 rings (SSSR count). The van der Waals surface area contributed by atoms with E-state index in [9.17, 15) is 14.4 Å². The molecule has 0 radical (unpaired) electrons. The zero-order chi connectivity index (χ0) is 12.7. The predicted molar refractivity (Wildman–Crippen MR) is 61.1 cm³/mol. The Morgan fingerprint density at radius 3 is 2.25 bits per heavy atom. The quantitative estimate of drug-likeness (QED) is 0.435. The van der Waals surface area contributed by atoms with Gasteiger partial charge in [-0.2, -0.15) is 12.6 Å². The van der Waals surface area contributed by atoms with Crippen LogP contribution < -0.4 is 10.6 Å². The number of carbonyl (C=O) groups is 3. The van der Waals surface area contributed by atoms with E-state index < -0.39 is 24.0 Å². The molecular formula is C9H16N2O4S. The van der Waals surface area contributed by atoms with E-state index in [-0.39, 0.29) is 11.7 Å². The van der Waals surface area contributed by atoms with E-state index >= 15 is 0 Å². The molecule has 2 amide bonds. The van der Waals surface area contributed by atoms with E-state index in [1.807, 2.05) is 0 Å². The first-order valence-corrected chi connectivity index (χ1v) is 5.31. The van der Waals surface area contributed by atoms with Gasteiger partial charge in [0, 0.05) is 12.7 Å². The normalized spacial score (nSPS) is 13.5. The minimum atomic E-state index is -0.757. The Morgan fingerprint density at radius 1 is 1.31 bits per heavy atom. The van der Waals surface area contributed by atoms with Gasteiger partial charge >= 0.3 is 5.97 Å². The molecule has 0 aliphatic rings. The SMILES string of the molecule is COC(=O)[C@H](C)NC(=O)[C@H](CS)NC(C)=O. The van der Waals surface area contributed by atoms with Gasteiger partial charge in [-0.3, -0.25) is 9.59 Å². The van der Waals surface area contributed by atoms with Crippen LogP contribution in [-0.4, -0.2) is 42.7 Å². The van der Waals surface area contributed by atoms with Gasteiger partial charge in [-0.25, -0.2) is 4.79 Å². The third kappa shape index (κ3) is 5.01. The molecule has 16 heavy (non-hydrogen) atoms. The lowest BCUT2D eigenvalue weighted by atomic mass is 10.2. The molecule has 0 saturated carbocycles. The van der Waals surface area contributed by atoms with Crippen molar-refractivity contribution in [3.8, 4) is 0 Å². The number of esters is 1. The fourth-order valence-corrected chi connectivity index (χ4v) is 1.25. The molecule has 0 aromatic heterocycles. The molecule has 7 heteroatoms. The highest BCUT2D eigenvalue weighted by Crippen LogP contribution is 1.92. The van der Waals surface area contributed by atoms with Crippen molar-refractivity contribution >= 4 is 30.4 Å². The lowest BCUT2D eigenvalue weighted by Gasteiger charge is -2.18. The summed E-state index contributed by atoms with van der Waals surface area (Å²) in [6.45, 7) is 2.79. The van der Waals surface area contributed by atoms with Gasteiger partial charge in [0.05, 0.1) is 7.11 Å². The Hall–Kier alpha value is -1.24. The van der Waals surface area contributed by atoms with Crippen LogP contribution in [0.3, 0.4) is 0 Å². The van der Waals surface area contributed by atoms with Crippen LogP contribution >= 0.6 is 12.6 Å². The maximum absolute atomic E-state index is 11.6. The van der Waals surface area contributed by atoms with Gasteiger partial charge in [0.2, 0.25) is 11.8 Å². The van der Waals surface area contributed by atoms with Crippen LogP contribution in [0.25, 0.3) is 0 Å². The van der Waals surface area contributed by atoms with Crippen molar-refractivity contribution in [2.45, 2.75) is 25.9 Å². The highest BCUT2D eigenvalue weighted by atomic mass is 32.1. The zero-order valence-electron chi connectivity index (χ0n) is 9.44. The summed E-state index contributed by atoms with van der Waals surface area (Å²) >= 11 is 3.93. The van der Waals surface area contributed by atoms with Crippen molar-refractivity contribution in [1.29, 1.82) is 0 Å². The summed E-state index contributed by atoms with van der Waals surface area (Å²) in [4.78, 5) is 33.4. The Labute approximate surface area is 99.5 Å². The van der Waals surface area contributed by atoms with Crippen molar-refractivity contribution in [3.05, 3.63) is 0 Å². The molecule has 2 N–H and O–H groups in total. The van der Waals surface area contributed by atoms with Crippen LogP contribution in [0, 0.1) is 0 Å². The van der Waals surface area contributed by atoms with Crippen LogP contribution in [0.15, 0.2) is 0 Å². The fraction of sp³-hybridized carbons (Fsp3) is 0.667. The third-order valence-electron chi connectivity index (χ3n) is 1.79. The molecule has 0 aromatic rings. The molecule has 0 aromatic carbocycles. The summed E-state index contributed by atoms with van der Waals surface area (Å²) in [7, 11) is 1.23. The van der Waals surface area contributed by atoms with Crippen molar-refractivity contribution in [2.24, 2.45) is 0 Å². The molecule has 0 aliphatic heterocycles. The Kier molecular flexibility index (Phi) is 6.55. The summed E-state index contributed by atoms with van der Waals surface area (Å²) in [6.07, 6.45) is 0. The summed E-state index contributed by atoms with van der Waals surface area (Å²) < 4.78 is 4.45. The van der Waals surface area contributed by atoms with Crippen molar-refractivity contribution < 1.29 is 19.1 Å². The Balaban J connectivity index is 4.31. The number of rotatable bonds is 5. The molecule has 0 aliphatic carbocycles. The second-order valence-corrected chi connectivity index (χ2v) is 3.55. The van der Waals surface area contributed by atoms with Gasteiger partial charge < -0.3 is 15.4 Å². The first kappa shape index (κ1) is 14.8. The minimum absolute atomic E-state index is 0.152. The molecule has 0 bridgehead atoms. The van der Waals surface area contributed by atoms with Crippen LogP contribution in [0.2, 0.25) is 0 Å². The Bertz CT molecular complexity index is 283. The maximum Gasteiger partial charge on any atom is 0.328 e. The van der Waals surface area contributed by atoms with E-state index in [2.05, 4.69) is 28.0 Å². The standard InChI is InChI=1S/C9H16N2O4S/c1-5(9(14)15-3)10-8(13)7(4-16)11-6(2)12/h5,7,16H,4H2,1-3H3,(H,10,13)(H,11,12)/t5-,7-/m0/s1. The minimum Gasteiger partial charge on any atom is -0.467 e. The first-order valence-electron chi connectivity index (χ1n) is 4.68. The second kappa shape index (κ2) is 7.10. The lowest BCUT2D eigenvalue weighted by Crippen LogP contribution is -2.51.